The lowest BCUT2D eigenvalue weighted by atomic mass is 9.73. The first-order valence-corrected chi connectivity index (χ1v) is 10.9. The van der Waals surface area contributed by atoms with Crippen molar-refractivity contribution in [3.05, 3.63) is 65.2 Å². The Kier molecular flexibility index (Phi) is 6.61. The van der Waals surface area contributed by atoms with Crippen molar-refractivity contribution >= 4 is 17.6 Å². The third-order valence-electron chi connectivity index (χ3n) is 6.11. The summed E-state index contributed by atoms with van der Waals surface area (Å²) >= 11 is 0. The van der Waals surface area contributed by atoms with E-state index in [1.54, 1.807) is 4.90 Å². The van der Waals surface area contributed by atoms with Gasteiger partial charge < -0.3 is 20.2 Å². The smallest absolute Gasteiger partial charge is 0.322 e. The lowest BCUT2D eigenvalue weighted by Crippen LogP contribution is -2.73. The summed E-state index contributed by atoms with van der Waals surface area (Å²) in [5, 5.41) is 12.3. The van der Waals surface area contributed by atoms with Crippen LogP contribution in [0, 0.1) is 23.5 Å². The van der Waals surface area contributed by atoms with Crippen molar-refractivity contribution in [3.8, 4) is 11.8 Å². The maximum absolute atomic E-state index is 13.9. The molecule has 2 saturated heterocycles. The first-order chi connectivity index (χ1) is 15.9. The summed E-state index contributed by atoms with van der Waals surface area (Å²) in [6, 6.07) is 9.12. The Labute approximate surface area is 191 Å². The number of halogens is 2. The van der Waals surface area contributed by atoms with Crippen molar-refractivity contribution < 1.29 is 23.5 Å². The Morgan fingerprint density at radius 3 is 2.67 bits per heavy atom. The van der Waals surface area contributed by atoms with Crippen molar-refractivity contribution in [1.29, 1.82) is 0 Å². The zero-order chi connectivity index (χ0) is 23.5. The van der Waals surface area contributed by atoms with Crippen LogP contribution in [0.15, 0.2) is 42.5 Å². The fraction of sp³-hybridized carbons (Fsp3) is 0.360. The quantitative estimate of drug-likeness (QED) is 0.698. The maximum Gasteiger partial charge on any atom is 0.322 e. The van der Waals surface area contributed by atoms with Gasteiger partial charge in [-0.25, -0.2) is 13.6 Å². The second-order valence-corrected chi connectivity index (χ2v) is 8.25. The van der Waals surface area contributed by atoms with Gasteiger partial charge in [0.1, 0.15) is 18.2 Å². The molecule has 3 amide bonds. The lowest BCUT2D eigenvalue weighted by molar-refractivity contribution is -0.159. The van der Waals surface area contributed by atoms with E-state index in [0.29, 0.717) is 0 Å². The summed E-state index contributed by atoms with van der Waals surface area (Å²) in [7, 11) is 0. The number of urea groups is 1. The molecule has 0 bridgehead atoms. The molecule has 4 rings (SSSR count). The highest BCUT2D eigenvalue weighted by Gasteiger charge is 2.54. The molecule has 2 heterocycles. The number of benzene rings is 2. The Morgan fingerprint density at radius 2 is 1.97 bits per heavy atom. The van der Waals surface area contributed by atoms with Crippen molar-refractivity contribution in [2.75, 3.05) is 25.0 Å². The van der Waals surface area contributed by atoms with Gasteiger partial charge in [-0.3, -0.25) is 4.79 Å². The molecule has 6 nitrogen and oxygen atoms in total. The van der Waals surface area contributed by atoms with E-state index in [2.05, 4.69) is 24.1 Å². The van der Waals surface area contributed by atoms with Gasteiger partial charge in [0.2, 0.25) is 5.91 Å². The highest BCUT2D eigenvalue weighted by molar-refractivity contribution is 5.94. The van der Waals surface area contributed by atoms with Crippen LogP contribution in [0.25, 0.3) is 0 Å². The fourth-order valence-electron chi connectivity index (χ4n) is 4.52. The molecule has 2 aromatic rings. The highest BCUT2D eigenvalue weighted by Crippen LogP contribution is 2.43. The number of aliphatic hydroxyl groups is 1. The molecule has 0 unspecified atom stereocenters. The summed E-state index contributed by atoms with van der Waals surface area (Å²) in [5.41, 5.74) is 1.55. The number of nitrogens with zero attached hydrogens (tertiary/aromatic N) is 2. The third kappa shape index (κ3) is 4.55. The Hall–Kier alpha value is -3.44. The van der Waals surface area contributed by atoms with Crippen LogP contribution in [0.5, 0.6) is 0 Å². The molecule has 0 aliphatic carbocycles. The minimum atomic E-state index is -0.765. The van der Waals surface area contributed by atoms with Gasteiger partial charge in [0, 0.05) is 30.5 Å². The van der Waals surface area contributed by atoms with E-state index in [-0.39, 0.29) is 49.3 Å². The second-order valence-electron chi connectivity index (χ2n) is 8.25. The normalized spacial score (nSPS) is 21.6. The number of carbonyl (C=O) groups is 2. The first-order valence-electron chi connectivity index (χ1n) is 10.9. The lowest BCUT2D eigenvalue weighted by Gasteiger charge is -2.58. The number of hydrogen-bond acceptors (Lipinski definition) is 3. The molecule has 0 aromatic heterocycles. The van der Waals surface area contributed by atoms with Crippen LogP contribution in [0.3, 0.4) is 0 Å². The van der Waals surface area contributed by atoms with Crippen LogP contribution in [0.1, 0.15) is 36.8 Å². The number of aliphatic hydroxyl groups excluding tert-OH is 1. The first kappa shape index (κ1) is 22.7. The van der Waals surface area contributed by atoms with Gasteiger partial charge in [0.05, 0.1) is 24.4 Å². The summed E-state index contributed by atoms with van der Waals surface area (Å²) < 4.78 is 27.4. The maximum atomic E-state index is 13.9. The second kappa shape index (κ2) is 9.59. The standard InChI is InChI=1S/C25H25F2N3O3/c1-2-3-4-5-16-6-8-17(9-7-16)24-21-13-29(14-23(32)30(21)22(24)15-31)25(33)28-20-12-18(26)10-11-19(20)27/h6-12,21-22,24,31H,2-3,13-15H2,1H3,(H,28,33)/t21-,22+,24+/m0/s1. The van der Waals surface area contributed by atoms with Crippen LogP contribution < -0.4 is 5.32 Å². The van der Waals surface area contributed by atoms with E-state index < -0.39 is 17.7 Å². The van der Waals surface area contributed by atoms with Crippen molar-refractivity contribution in [2.45, 2.75) is 37.8 Å². The highest BCUT2D eigenvalue weighted by atomic mass is 19.1. The van der Waals surface area contributed by atoms with Gasteiger partial charge in [-0.15, -0.1) is 0 Å². The monoisotopic (exact) mass is 453 g/mol. The predicted molar refractivity (Wildman–Crippen MR) is 119 cm³/mol. The fourth-order valence-corrected chi connectivity index (χ4v) is 4.52. The summed E-state index contributed by atoms with van der Waals surface area (Å²) in [6.07, 6.45) is 1.82. The molecule has 2 aromatic carbocycles. The van der Waals surface area contributed by atoms with Crippen LogP contribution in [0.4, 0.5) is 19.3 Å². The summed E-state index contributed by atoms with van der Waals surface area (Å²) in [6.45, 7) is 1.90. The largest absolute Gasteiger partial charge is 0.394 e. The van der Waals surface area contributed by atoms with E-state index in [9.17, 15) is 23.5 Å². The number of amides is 3. The average molecular weight is 453 g/mol. The van der Waals surface area contributed by atoms with E-state index >= 15 is 0 Å². The zero-order valence-corrected chi connectivity index (χ0v) is 18.2. The molecule has 33 heavy (non-hydrogen) atoms. The molecule has 3 atom stereocenters. The molecule has 8 heteroatoms. The number of unbranched alkanes of at least 4 members (excludes halogenated alkanes) is 1. The number of nitrogens with one attached hydrogen (secondary N) is 1. The van der Waals surface area contributed by atoms with E-state index in [0.717, 1.165) is 42.2 Å². The molecule has 0 radical (unpaired) electrons. The van der Waals surface area contributed by atoms with Crippen molar-refractivity contribution in [2.24, 2.45) is 0 Å². The average Bonchev–Trinajstić information content (AvgIpc) is 2.78. The SMILES string of the molecule is CCCC#Cc1ccc([C@H]2[C@@H](CO)N3C(=O)CN(C(=O)Nc4cc(F)ccc4F)C[C@@H]23)cc1. The predicted octanol–water partition coefficient (Wildman–Crippen LogP) is 3.32. The van der Waals surface area contributed by atoms with E-state index in [4.69, 9.17) is 0 Å². The minimum absolute atomic E-state index is 0.155. The molecular formula is C25H25F2N3O3. The Bertz CT molecular complexity index is 1110. The van der Waals surface area contributed by atoms with E-state index in [1.807, 2.05) is 24.3 Å². The molecule has 2 fully saturated rings. The van der Waals surface area contributed by atoms with Crippen LogP contribution >= 0.6 is 0 Å². The van der Waals surface area contributed by atoms with Gasteiger partial charge in [0.25, 0.3) is 0 Å². The molecule has 172 valence electrons. The number of hydrogen-bond donors (Lipinski definition) is 2. The number of piperazine rings is 1. The molecule has 2 N–H and O–H groups in total. The molecular weight excluding hydrogens is 428 g/mol. The van der Waals surface area contributed by atoms with Crippen LogP contribution in [-0.4, -0.2) is 58.6 Å². The number of carbonyl (C=O) groups excluding carboxylic acids is 2. The Balaban J connectivity index is 1.50. The minimum Gasteiger partial charge on any atom is -0.394 e. The molecule has 2 aliphatic rings. The zero-order valence-electron chi connectivity index (χ0n) is 18.2. The molecule has 0 spiro atoms. The van der Waals surface area contributed by atoms with E-state index in [1.165, 1.54) is 4.90 Å². The van der Waals surface area contributed by atoms with Crippen molar-refractivity contribution in [3.63, 3.8) is 0 Å². The van der Waals surface area contributed by atoms with Crippen LogP contribution in [-0.2, 0) is 4.79 Å². The third-order valence-corrected chi connectivity index (χ3v) is 6.11. The van der Waals surface area contributed by atoms with Gasteiger partial charge in [0.15, 0.2) is 0 Å². The van der Waals surface area contributed by atoms with Gasteiger partial charge in [-0.05, 0) is 36.2 Å². The van der Waals surface area contributed by atoms with Crippen LogP contribution in [0.2, 0.25) is 0 Å². The Morgan fingerprint density at radius 1 is 1.21 bits per heavy atom. The summed E-state index contributed by atoms with van der Waals surface area (Å²) in [5.74, 6) is 4.32. The van der Waals surface area contributed by atoms with Gasteiger partial charge >= 0.3 is 6.03 Å². The molecule has 2 aliphatic heterocycles. The molecule has 0 saturated carbocycles. The number of fused-ring (bicyclic) bond motifs is 1. The topological polar surface area (TPSA) is 72.9 Å². The summed E-state index contributed by atoms with van der Waals surface area (Å²) in [4.78, 5) is 28.3. The number of rotatable bonds is 4. The number of anilines is 1. The van der Waals surface area contributed by atoms with Gasteiger partial charge in [-0.2, -0.15) is 0 Å². The van der Waals surface area contributed by atoms with Gasteiger partial charge in [-0.1, -0.05) is 30.9 Å². The van der Waals surface area contributed by atoms with Crippen molar-refractivity contribution in [1.82, 2.24) is 9.80 Å².